The molecule has 0 aromatic carbocycles. The second-order valence-corrected chi connectivity index (χ2v) is 11.1. The summed E-state index contributed by atoms with van der Waals surface area (Å²) in [6.45, 7) is 11.8. The van der Waals surface area contributed by atoms with Crippen LogP contribution in [0.25, 0.3) is 0 Å². The summed E-state index contributed by atoms with van der Waals surface area (Å²) >= 11 is 0. The SMILES string of the molecule is CC(C)(C)OC(=O)N1CCC(O[Si](C)(C)C)=C(F)C1. The minimum atomic E-state index is -1.81. The summed E-state index contributed by atoms with van der Waals surface area (Å²) in [5.74, 6) is 0.0403. The minimum absolute atomic E-state index is 0.0608. The van der Waals surface area contributed by atoms with E-state index < -0.39 is 20.0 Å². The highest BCUT2D eigenvalue weighted by Crippen LogP contribution is 2.24. The number of rotatable bonds is 2. The van der Waals surface area contributed by atoms with E-state index in [9.17, 15) is 9.18 Å². The lowest BCUT2D eigenvalue weighted by Gasteiger charge is -2.32. The Balaban J connectivity index is 2.65. The highest BCUT2D eigenvalue weighted by Gasteiger charge is 2.29. The second kappa shape index (κ2) is 5.52. The molecule has 0 atom stereocenters. The summed E-state index contributed by atoms with van der Waals surface area (Å²) in [7, 11) is -1.81. The van der Waals surface area contributed by atoms with E-state index in [4.69, 9.17) is 9.16 Å². The molecule has 0 radical (unpaired) electrons. The maximum atomic E-state index is 13.9. The first-order valence-electron chi connectivity index (χ1n) is 6.52. The summed E-state index contributed by atoms with van der Waals surface area (Å²) in [4.78, 5) is 13.2. The maximum absolute atomic E-state index is 13.9. The van der Waals surface area contributed by atoms with E-state index in [-0.39, 0.29) is 12.4 Å². The van der Waals surface area contributed by atoms with Gasteiger partial charge in [0.25, 0.3) is 0 Å². The average molecular weight is 289 g/mol. The number of ether oxygens (including phenoxy) is 1. The topological polar surface area (TPSA) is 38.8 Å². The monoisotopic (exact) mass is 289 g/mol. The highest BCUT2D eigenvalue weighted by molar-refractivity contribution is 6.70. The van der Waals surface area contributed by atoms with Gasteiger partial charge in [0, 0.05) is 13.0 Å². The molecule has 1 heterocycles. The van der Waals surface area contributed by atoms with Gasteiger partial charge in [-0.25, -0.2) is 9.18 Å². The molecule has 110 valence electrons. The maximum Gasteiger partial charge on any atom is 0.410 e. The van der Waals surface area contributed by atoms with Gasteiger partial charge in [0.2, 0.25) is 8.32 Å². The van der Waals surface area contributed by atoms with Crippen molar-refractivity contribution in [2.45, 2.75) is 52.4 Å². The van der Waals surface area contributed by atoms with Crippen molar-refractivity contribution in [1.82, 2.24) is 4.90 Å². The third kappa shape index (κ3) is 5.63. The number of nitrogens with zero attached hydrogens (tertiary/aromatic N) is 1. The molecule has 0 saturated carbocycles. The quantitative estimate of drug-likeness (QED) is 0.728. The van der Waals surface area contributed by atoms with Gasteiger partial charge in [-0.15, -0.1) is 0 Å². The number of halogens is 1. The Hall–Kier alpha value is -1.04. The average Bonchev–Trinajstić information content (AvgIpc) is 2.16. The summed E-state index contributed by atoms with van der Waals surface area (Å²) in [6.07, 6.45) is -0.0651. The lowest BCUT2D eigenvalue weighted by Crippen LogP contribution is -2.41. The molecule has 4 nitrogen and oxygen atoms in total. The van der Waals surface area contributed by atoms with Gasteiger partial charge in [0.1, 0.15) is 11.4 Å². The van der Waals surface area contributed by atoms with Crippen LogP contribution in [-0.4, -0.2) is 38.0 Å². The van der Waals surface area contributed by atoms with Crippen molar-refractivity contribution in [2.75, 3.05) is 13.1 Å². The Labute approximate surface area is 115 Å². The van der Waals surface area contributed by atoms with Crippen molar-refractivity contribution in [1.29, 1.82) is 0 Å². The van der Waals surface area contributed by atoms with Gasteiger partial charge in [-0.2, -0.15) is 0 Å². The summed E-state index contributed by atoms with van der Waals surface area (Å²) in [6, 6.07) is 0. The van der Waals surface area contributed by atoms with Crippen LogP contribution in [0.2, 0.25) is 19.6 Å². The largest absolute Gasteiger partial charge is 0.545 e. The Morgan fingerprint density at radius 1 is 1.32 bits per heavy atom. The van der Waals surface area contributed by atoms with Gasteiger partial charge >= 0.3 is 6.09 Å². The molecule has 1 aliphatic rings. The van der Waals surface area contributed by atoms with Gasteiger partial charge in [-0.05, 0) is 40.4 Å². The van der Waals surface area contributed by atoms with Crippen LogP contribution in [0.5, 0.6) is 0 Å². The minimum Gasteiger partial charge on any atom is -0.545 e. The lowest BCUT2D eigenvalue weighted by molar-refractivity contribution is 0.0236. The van der Waals surface area contributed by atoms with Crippen LogP contribution in [0.1, 0.15) is 27.2 Å². The molecule has 0 aromatic rings. The van der Waals surface area contributed by atoms with Crippen LogP contribution in [0, 0.1) is 0 Å². The van der Waals surface area contributed by atoms with Crippen LogP contribution >= 0.6 is 0 Å². The molecule has 0 aliphatic carbocycles. The standard InChI is InChI=1S/C13H24FNO3Si/c1-13(2,3)17-12(16)15-8-7-11(10(14)9-15)18-19(4,5)6/h7-9H2,1-6H3. The van der Waals surface area contributed by atoms with E-state index in [0.29, 0.717) is 18.7 Å². The molecular formula is C13H24FNO3Si. The number of hydrogen-bond acceptors (Lipinski definition) is 3. The number of hydrogen-bond donors (Lipinski definition) is 0. The van der Waals surface area contributed by atoms with Crippen molar-refractivity contribution >= 4 is 14.4 Å². The molecule has 0 fully saturated rings. The molecule has 0 spiro atoms. The van der Waals surface area contributed by atoms with Crippen LogP contribution in [0.3, 0.4) is 0 Å². The fraction of sp³-hybridized carbons (Fsp3) is 0.769. The molecular weight excluding hydrogens is 265 g/mol. The van der Waals surface area contributed by atoms with E-state index in [1.165, 1.54) is 4.90 Å². The predicted octanol–water partition coefficient (Wildman–Crippen LogP) is 3.66. The summed E-state index contributed by atoms with van der Waals surface area (Å²) < 4.78 is 24.9. The number of carbonyl (C=O) groups is 1. The van der Waals surface area contributed by atoms with E-state index in [1.54, 1.807) is 20.8 Å². The zero-order chi connectivity index (χ0) is 14.8. The van der Waals surface area contributed by atoms with Gasteiger partial charge in [-0.1, -0.05) is 0 Å². The first-order valence-corrected chi connectivity index (χ1v) is 9.93. The zero-order valence-electron chi connectivity index (χ0n) is 12.7. The Morgan fingerprint density at radius 2 is 1.89 bits per heavy atom. The van der Waals surface area contributed by atoms with E-state index in [1.807, 2.05) is 19.6 Å². The third-order valence-electron chi connectivity index (χ3n) is 2.32. The van der Waals surface area contributed by atoms with Crippen LogP contribution in [-0.2, 0) is 9.16 Å². The van der Waals surface area contributed by atoms with Gasteiger partial charge < -0.3 is 14.1 Å². The first-order chi connectivity index (χ1) is 8.48. The molecule has 0 saturated heterocycles. The molecule has 0 bridgehead atoms. The lowest BCUT2D eigenvalue weighted by atomic mass is 10.2. The van der Waals surface area contributed by atoms with Crippen LogP contribution in [0.4, 0.5) is 9.18 Å². The Kier molecular flexibility index (Phi) is 4.66. The van der Waals surface area contributed by atoms with Crippen LogP contribution < -0.4 is 0 Å². The molecule has 0 N–H and O–H groups in total. The number of carbonyl (C=O) groups excluding carboxylic acids is 1. The Bertz CT molecular complexity index is 382. The fourth-order valence-electron chi connectivity index (χ4n) is 1.67. The fourth-order valence-corrected chi connectivity index (χ4v) is 2.62. The first kappa shape index (κ1) is 16.0. The van der Waals surface area contributed by atoms with Crippen molar-refractivity contribution in [2.24, 2.45) is 0 Å². The Morgan fingerprint density at radius 3 is 2.32 bits per heavy atom. The van der Waals surface area contributed by atoms with Gasteiger partial charge in [0.15, 0.2) is 5.83 Å². The van der Waals surface area contributed by atoms with Crippen LogP contribution in [0.15, 0.2) is 11.6 Å². The molecule has 0 unspecified atom stereocenters. The third-order valence-corrected chi connectivity index (χ3v) is 3.18. The van der Waals surface area contributed by atoms with E-state index in [0.717, 1.165) is 0 Å². The van der Waals surface area contributed by atoms with Crippen molar-refractivity contribution < 1.29 is 18.3 Å². The summed E-state index contributed by atoms with van der Waals surface area (Å²) in [5, 5.41) is 0. The molecule has 6 heteroatoms. The highest BCUT2D eigenvalue weighted by atomic mass is 28.4. The molecule has 1 aliphatic heterocycles. The predicted molar refractivity (Wildman–Crippen MR) is 75.0 cm³/mol. The van der Waals surface area contributed by atoms with Crippen molar-refractivity contribution in [3.8, 4) is 0 Å². The molecule has 1 rings (SSSR count). The molecule has 1 amide bonds. The zero-order valence-corrected chi connectivity index (χ0v) is 13.7. The van der Waals surface area contributed by atoms with Gasteiger partial charge in [0.05, 0.1) is 6.54 Å². The number of amides is 1. The van der Waals surface area contributed by atoms with Crippen molar-refractivity contribution in [3.05, 3.63) is 11.6 Å². The van der Waals surface area contributed by atoms with Gasteiger partial charge in [-0.3, -0.25) is 0 Å². The van der Waals surface area contributed by atoms with E-state index >= 15 is 0 Å². The second-order valence-electron chi connectivity index (χ2n) is 6.69. The summed E-state index contributed by atoms with van der Waals surface area (Å²) in [5.41, 5.74) is -0.563. The molecule has 19 heavy (non-hydrogen) atoms. The normalized spacial score (nSPS) is 17.5. The van der Waals surface area contributed by atoms with E-state index in [2.05, 4.69) is 0 Å². The van der Waals surface area contributed by atoms with Crippen molar-refractivity contribution in [3.63, 3.8) is 0 Å². The smallest absolute Gasteiger partial charge is 0.410 e. The molecule has 0 aromatic heterocycles.